The van der Waals surface area contributed by atoms with E-state index in [9.17, 15) is 0 Å². The molecule has 0 spiro atoms. The minimum absolute atomic E-state index is 0.310. The van der Waals surface area contributed by atoms with Crippen LogP contribution in [-0.2, 0) is 0 Å². The van der Waals surface area contributed by atoms with E-state index in [1.165, 1.54) is 12.8 Å². The van der Waals surface area contributed by atoms with Gasteiger partial charge in [0.2, 0.25) is 0 Å². The zero-order valence-corrected chi connectivity index (χ0v) is 7.40. The molecule has 1 fully saturated rings. The zero-order chi connectivity index (χ0) is 8.55. The fraction of sp³-hybridized carbons (Fsp3) is 0.667. The molecular weight excluding hydrogens is 150 g/mol. The van der Waals surface area contributed by atoms with Crippen molar-refractivity contribution in [3.8, 4) is 0 Å². The highest BCUT2D eigenvalue weighted by atomic mass is 15.3. The van der Waals surface area contributed by atoms with Crippen molar-refractivity contribution in [3.63, 3.8) is 0 Å². The summed E-state index contributed by atoms with van der Waals surface area (Å²) in [6.07, 6.45) is 5.60. The van der Waals surface area contributed by atoms with Gasteiger partial charge in [0.25, 0.3) is 0 Å². The molecule has 2 atom stereocenters. The molecule has 0 bridgehead atoms. The first-order valence-electron chi connectivity index (χ1n) is 4.55. The van der Waals surface area contributed by atoms with Crippen LogP contribution in [-0.4, -0.2) is 15.8 Å². The lowest BCUT2D eigenvalue weighted by Gasteiger charge is -2.15. The van der Waals surface area contributed by atoms with Crippen LogP contribution in [0.15, 0.2) is 12.3 Å². The highest BCUT2D eigenvalue weighted by Gasteiger charge is 2.25. The van der Waals surface area contributed by atoms with E-state index in [2.05, 4.69) is 5.10 Å². The molecule has 1 aromatic rings. The van der Waals surface area contributed by atoms with Gasteiger partial charge in [0.15, 0.2) is 0 Å². The van der Waals surface area contributed by atoms with E-state index in [-0.39, 0.29) is 0 Å². The molecule has 2 N–H and O–H groups in total. The molecule has 1 aromatic heterocycles. The van der Waals surface area contributed by atoms with Gasteiger partial charge in [0.1, 0.15) is 0 Å². The lowest BCUT2D eigenvalue weighted by Crippen LogP contribution is -2.27. The molecule has 2 rings (SSSR count). The normalized spacial score (nSPS) is 29.5. The molecule has 0 amide bonds. The van der Waals surface area contributed by atoms with Crippen LogP contribution in [0.1, 0.15) is 31.0 Å². The standard InChI is InChI=1S/C9H15N3/c1-7-5-6-12(11-7)9-4-2-3-8(9)10/h5-6,8-9H,2-4,10H2,1H3. The van der Waals surface area contributed by atoms with E-state index in [0.29, 0.717) is 12.1 Å². The molecule has 2 unspecified atom stereocenters. The number of aryl methyl sites for hydroxylation is 1. The predicted octanol–water partition coefficient (Wildman–Crippen LogP) is 1.24. The molecule has 12 heavy (non-hydrogen) atoms. The minimum Gasteiger partial charge on any atom is -0.326 e. The van der Waals surface area contributed by atoms with Gasteiger partial charge in [-0.15, -0.1) is 0 Å². The zero-order valence-electron chi connectivity index (χ0n) is 7.40. The Balaban J connectivity index is 2.19. The van der Waals surface area contributed by atoms with Crippen LogP contribution in [0.3, 0.4) is 0 Å². The third kappa shape index (κ3) is 1.25. The van der Waals surface area contributed by atoms with Crippen LogP contribution in [0.2, 0.25) is 0 Å². The Morgan fingerprint density at radius 1 is 1.58 bits per heavy atom. The molecule has 1 heterocycles. The first kappa shape index (κ1) is 7.80. The van der Waals surface area contributed by atoms with Gasteiger partial charge in [-0.3, -0.25) is 4.68 Å². The molecule has 66 valence electrons. The summed E-state index contributed by atoms with van der Waals surface area (Å²) in [5.41, 5.74) is 7.04. The monoisotopic (exact) mass is 165 g/mol. The largest absolute Gasteiger partial charge is 0.326 e. The number of hydrogen-bond acceptors (Lipinski definition) is 2. The van der Waals surface area contributed by atoms with Gasteiger partial charge in [0, 0.05) is 12.2 Å². The maximum absolute atomic E-state index is 5.96. The van der Waals surface area contributed by atoms with Crippen LogP contribution < -0.4 is 5.73 Å². The van der Waals surface area contributed by atoms with E-state index in [4.69, 9.17) is 5.73 Å². The molecule has 1 aliphatic carbocycles. The SMILES string of the molecule is Cc1ccn(C2CCCC2N)n1. The Kier molecular flexibility index (Phi) is 1.89. The van der Waals surface area contributed by atoms with Crippen LogP contribution in [0.5, 0.6) is 0 Å². The maximum Gasteiger partial charge on any atom is 0.0670 e. The van der Waals surface area contributed by atoms with Gasteiger partial charge in [0.05, 0.1) is 11.7 Å². The van der Waals surface area contributed by atoms with Crippen molar-refractivity contribution >= 4 is 0 Å². The number of nitrogens with zero attached hydrogens (tertiary/aromatic N) is 2. The molecule has 0 radical (unpaired) electrons. The lowest BCUT2D eigenvalue weighted by atomic mass is 10.2. The quantitative estimate of drug-likeness (QED) is 0.680. The van der Waals surface area contributed by atoms with E-state index in [0.717, 1.165) is 12.1 Å². The summed E-state index contributed by atoms with van der Waals surface area (Å²) in [5, 5.41) is 4.38. The molecule has 3 heteroatoms. The number of aromatic nitrogens is 2. The molecule has 1 aliphatic rings. The number of nitrogens with two attached hydrogens (primary N) is 1. The van der Waals surface area contributed by atoms with Crippen LogP contribution >= 0.6 is 0 Å². The third-order valence-electron chi connectivity index (χ3n) is 2.61. The summed E-state index contributed by atoms with van der Waals surface area (Å²) in [4.78, 5) is 0. The van der Waals surface area contributed by atoms with E-state index >= 15 is 0 Å². The van der Waals surface area contributed by atoms with Crippen molar-refractivity contribution < 1.29 is 0 Å². The summed E-state index contributed by atoms with van der Waals surface area (Å²) < 4.78 is 2.02. The van der Waals surface area contributed by atoms with Gasteiger partial charge >= 0.3 is 0 Å². The highest BCUT2D eigenvalue weighted by molar-refractivity contribution is 4.98. The van der Waals surface area contributed by atoms with Crippen LogP contribution in [0, 0.1) is 6.92 Å². The van der Waals surface area contributed by atoms with Crippen molar-refractivity contribution in [2.75, 3.05) is 0 Å². The van der Waals surface area contributed by atoms with Crippen molar-refractivity contribution in [1.29, 1.82) is 0 Å². The molecular formula is C9H15N3. The van der Waals surface area contributed by atoms with Crippen LogP contribution in [0.4, 0.5) is 0 Å². The molecule has 0 aromatic carbocycles. The van der Waals surface area contributed by atoms with Gasteiger partial charge in [-0.2, -0.15) is 5.10 Å². The third-order valence-corrected chi connectivity index (χ3v) is 2.61. The Hall–Kier alpha value is -0.830. The van der Waals surface area contributed by atoms with Crippen molar-refractivity contribution in [2.24, 2.45) is 5.73 Å². The molecule has 3 nitrogen and oxygen atoms in total. The Morgan fingerprint density at radius 3 is 2.92 bits per heavy atom. The van der Waals surface area contributed by atoms with E-state index in [1.807, 2.05) is 23.9 Å². The van der Waals surface area contributed by atoms with Gasteiger partial charge in [-0.1, -0.05) is 0 Å². The second-order valence-electron chi connectivity index (χ2n) is 3.60. The minimum atomic E-state index is 0.310. The van der Waals surface area contributed by atoms with E-state index < -0.39 is 0 Å². The van der Waals surface area contributed by atoms with Gasteiger partial charge in [-0.25, -0.2) is 0 Å². The van der Waals surface area contributed by atoms with Gasteiger partial charge in [-0.05, 0) is 32.3 Å². The topological polar surface area (TPSA) is 43.8 Å². The molecule has 0 saturated heterocycles. The average molecular weight is 165 g/mol. The number of hydrogen-bond donors (Lipinski definition) is 1. The summed E-state index contributed by atoms with van der Waals surface area (Å²) in [7, 11) is 0. The maximum atomic E-state index is 5.96. The fourth-order valence-corrected chi connectivity index (χ4v) is 1.92. The average Bonchev–Trinajstić information content (AvgIpc) is 2.58. The Bertz CT molecular complexity index is 266. The number of rotatable bonds is 1. The first-order chi connectivity index (χ1) is 5.77. The fourth-order valence-electron chi connectivity index (χ4n) is 1.92. The lowest BCUT2D eigenvalue weighted by molar-refractivity contribution is 0.420. The second kappa shape index (κ2) is 2.90. The first-order valence-corrected chi connectivity index (χ1v) is 4.55. The summed E-state index contributed by atoms with van der Waals surface area (Å²) in [6.45, 7) is 2.01. The Morgan fingerprint density at radius 2 is 2.42 bits per heavy atom. The van der Waals surface area contributed by atoms with E-state index in [1.54, 1.807) is 0 Å². The van der Waals surface area contributed by atoms with Crippen LogP contribution in [0.25, 0.3) is 0 Å². The second-order valence-corrected chi connectivity index (χ2v) is 3.60. The predicted molar refractivity (Wildman–Crippen MR) is 47.8 cm³/mol. The van der Waals surface area contributed by atoms with Crippen molar-refractivity contribution in [3.05, 3.63) is 18.0 Å². The molecule has 0 aliphatic heterocycles. The smallest absolute Gasteiger partial charge is 0.0670 e. The summed E-state index contributed by atoms with van der Waals surface area (Å²) in [6, 6.07) is 2.79. The molecule has 1 saturated carbocycles. The Labute approximate surface area is 72.6 Å². The van der Waals surface area contributed by atoms with Gasteiger partial charge < -0.3 is 5.73 Å². The highest BCUT2D eigenvalue weighted by Crippen LogP contribution is 2.27. The van der Waals surface area contributed by atoms with Crippen molar-refractivity contribution in [2.45, 2.75) is 38.3 Å². The summed E-state index contributed by atoms with van der Waals surface area (Å²) in [5.74, 6) is 0. The van der Waals surface area contributed by atoms with Crippen molar-refractivity contribution in [1.82, 2.24) is 9.78 Å². The summed E-state index contributed by atoms with van der Waals surface area (Å²) >= 11 is 0.